The fraction of sp³-hybridized carbons (Fsp3) is 0.111. The topological polar surface area (TPSA) is 66.2 Å². The summed E-state index contributed by atoms with van der Waals surface area (Å²) in [5.74, 6) is 1.54. The van der Waals surface area contributed by atoms with Crippen LogP contribution in [-0.4, -0.2) is 11.8 Å². The molecule has 0 radical (unpaired) electrons. The summed E-state index contributed by atoms with van der Waals surface area (Å²) in [5, 5.41) is 17.3. The van der Waals surface area contributed by atoms with Crippen LogP contribution in [0.15, 0.2) is 121 Å². The lowest BCUT2D eigenvalue weighted by Crippen LogP contribution is -2.43. The molecule has 4 nitrogen and oxygen atoms in total. The summed E-state index contributed by atoms with van der Waals surface area (Å²) in [6.45, 7) is 4.53. The van der Waals surface area contributed by atoms with Crippen LogP contribution < -0.4 is 4.74 Å². The van der Waals surface area contributed by atoms with Crippen molar-refractivity contribution in [2.45, 2.75) is 24.7 Å². The molecular formula is C36H28N2O2. The zero-order valence-corrected chi connectivity index (χ0v) is 22.4. The third-order valence-electron chi connectivity index (χ3n) is 8.41. The molecular weight excluding hydrogens is 492 g/mol. The Hall–Kier alpha value is -4.96. The molecule has 1 heterocycles. The van der Waals surface area contributed by atoms with Gasteiger partial charge in [0.05, 0.1) is 5.41 Å². The van der Waals surface area contributed by atoms with E-state index in [0.717, 1.165) is 28.2 Å². The molecule has 0 atom stereocenters. The first-order valence-corrected chi connectivity index (χ1v) is 13.4. The van der Waals surface area contributed by atoms with E-state index < -0.39 is 5.41 Å². The van der Waals surface area contributed by atoms with Gasteiger partial charge in [0.1, 0.15) is 11.5 Å². The van der Waals surface area contributed by atoms with Crippen LogP contribution in [0.25, 0.3) is 0 Å². The maximum atomic E-state index is 8.88. The Bertz CT molecular complexity index is 1770. The van der Waals surface area contributed by atoms with E-state index in [-0.39, 0.29) is 17.2 Å². The van der Waals surface area contributed by atoms with Crippen molar-refractivity contribution in [2.24, 2.45) is 0 Å². The number of rotatable bonds is 2. The molecule has 2 aliphatic rings. The maximum Gasteiger partial charge on any atom is 0.221 e. The molecule has 5 aromatic carbocycles. The number of para-hydroxylation sites is 2. The monoisotopic (exact) mass is 520 g/mol. The van der Waals surface area contributed by atoms with Crippen LogP contribution in [0.5, 0.6) is 11.5 Å². The Kier molecular flexibility index (Phi) is 5.29. The summed E-state index contributed by atoms with van der Waals surface area (Å²) in [7, 11) is 0. The van der Waals surface area contributed by atoms with Crippen molar-refractivity contribution >= 4 is 11.8 Å². The van der Waals surface area contributed by atoms with Crippen LogP contribution in [0.4, 0.5) is 0 Å². The van der Waals surface area contributed by atoms with Crippen molar-refractivity contribution in [1.29, 1.82) is 10.8 Å². The van der Waals surface area contributed by atoms with Gasteiger partial charge < -0.3 is 9.47 Å². The lowest BCUT2D eigenvalue weighted by atomic mass is 9.53. The second kappa shape index (κ2) is 8.78. The van der Waals surface area contributed by atoms with Crippen molar-refractivity contribution in [2.75, 3.05) is 0 Å². The molecule has 40 heavy (non-hydrogen) atoms. The van der Waals surface area contributed by atoms with E-state index >= 15 is 0 Å². The summed E-state index contributed by atoms with van der Waals surface area (Å²) in [6, 6.07) is 40.6. The van der Waals surface area contributed by atoms with Gasteiger partial charge in [-0.15, -0.1) is 0 Å². The second-order valence-electron chi connectivity index (χ2n) is 10.9. The van der Waals surface area contributed by atoms with E-state index in [1.807, 2.05) is 60.7 Å². The number of ether oxygens (including phenoxy) is 2. The molecule has 0 unspecified atom stereocenters. The number of benzene rings is 5. The Morgan fingerprint density at radius 3 is 1.68 bits per heavy atom. The van der Waals surface area contributed by atoms with Crippen molar-refractivity contribution in [3.05, 3.63) is 166 Å². The van der Waals surface area contributed by atoms with Crippen LogP contribution in [-0.2, 0) is 15.6 Å². The molecule has 0 saturated heterocycles. The predicted molar refractivity (Wildman–Crippen MR) is 158 cm³/mol. The van der Waals surface area contributed by atoms with E-state index in [2.05, 4.69) is 74.5 Å². The minimum atomic E-state index is -0.657. The molecule has 0 bridgehead atoms. The minimum absolute atomic E-state index is 0.0505. The summed E-state index contributed by atoms with van der Waals surface area (Å²) in [6.07, 6.45) is 0. The molecule has 1 aliphatic heterocycles. The summed E-state index contributed by atoms with van der Waals surface area (Å²) in [4.78, 5) is 0. The van der Waals surface area contributed by atoms with E-state index in [9.17, 15) is 0 Å². The fourth-order valence-electron chi connectivity index (χ4n) is 6.57. The second-order valence-corrected chi connectivity index (χ2v) is 10.9. The van der Waals surface area contributed by atoms with E-state index in [4.69, 9.17) is 20.3 Å². The van der Waals surface area contributed by atoms with Gasteiger partial charge in [-0.2, -0.15) is 0 Å². The van der Waals surface area contributed by atoms with Gasteiger partial charge in [0.15, 0.2) is 0 Å². The molecule has 0 amide bonds. The van der Waals surface area contributed by atoms with Gasteiger partial charge >= 0.3 is 0 Å². The Morgan fingerprint density at radius 1 is 0.525 bits per heavy atom. The van der Waals surface area contributed by atoms with E-state index in [1.165, 1.54) is 16.7 Å². The molecule has 194 valence electrons. The highest BCUT2D eigenvalue weighted by atomic mass is 16.5. The average molecular weight is 521 g/mol. The van der Waals surface area contributed by atoms with Crippen LogP contribution in [0, 0.1) is 10.8 Å². The first kappa shape index (κ1) is 24.1. The highest BCUT2D eigenvalue weighted by Gasteiger charge is 2.52. The van der Waals surface area contributed by atoms with Crippen molar-refractivity contribution in [3.63, 3.8) is 0 Å². The van der Waals surface area contributed by atoms with Gasteiger partial charge in [0.2, 0.25) is 11.8 Å². The Labute approximate surface area is 233 Å². The number of nitrogens with one attached hydrogen (secondary N) is 2. The Balaban J connectivity index is 1.50. The van der Waals surface area contributed by atoms with Crippen molar-refractivity contribution < 1.29 is 9.47 Å². The molecule has 5 aromatic rings. The zero-order chi connectivity index (χ0) is 27.5. The van der Waals surface area contributed by atoms with Gasteiger partial charge in [-0.1, -0.05) is 98.8 Å². The average Bonchev–Trinajstić information content (AvgIpc) is 2.99. The van der Waals surface area contributed by atoms with Crippen LogP contribution >= 0.6 is 0 Å². The lowest BCUT2D eigenvalue weighted by molar-refractivity contribution is 0.425. The number of hydrogen-bond acceptors (Lipinski definition) is 4. The third-order valence-corrected chi connectivity index (χ3v) is 8.41. The maximum absolute atomic E-state index is 8.88. The third kappa shape index (κ3) is 3.32. The number of fused-ring (bicyclic) bond motifs is 8. The Morgan fingerprint density at radius 2 is 1.02 bits per heavy atom. The largest absolute Gasteiger partial charge is 0.457 e. The lowest BCUT2D eigenvalue weighted by Gasteiger charge is -2.50. The van der Waals surface area contributed by atoms with Gasteiger partial charge in [-0.05, 0) is 58.7 Å². The molecule has 1 aliphatic carbocycles. The molecule has 0 aromatic heterocycles. The van der Waals surface area contributed by atoms with Gasteiger partial charge in [-0.25, -0.2) is 0 Å². The normalized spacial score (nSPS) is 15.1. The SMILES string of the molecule is CC1(C)c2ccccc2C2(c3ccccc3Oc3ccccc32)c2cc(C(=N)OC(=N)c3ccccc3)ccc21. The molecule has 2 N–H and O–H groups in total. The standard InChI is InChI=1S/C36H28N2O2/c1-35(2)25-14-6-7-15-27(25)36(28-16-8-10-18-31(28)39-32-19-11-9-17-29(32)36)30-22-24(20-21-26(30)35)34(38)40-33(37)23-12-4-3-5-13-23/h3-22,37-38H,1-2H3. The van der Waals surface area contributed by atoms with Crippen LogP contribution in [0.1, 0.15) is 58.4 Å². The van der Waals surface area contributed by atoms with Crippen molar-refractivity contribution in [1.82, 2.24) is 0 Å². The van der Waals surface area contributed by atoms with Gasteiger partial charge in [0.25, 0.3) is 0 Å². The summed E-state index contributed by atoms with van der Waals surface area (Å²) < 4.78 is 12.3. The smallest absolute Gasteiger partial charge is 0.221 e. The predicted octanol–water partition coefficient (Wildman–Crippen LogP) is 8.18. The quantitative estimate of drug-likeness (QED) is 0.179. The number of hydrogen-bond donors (Lipinski definition) is 2. The van der Waals surface area contributed by atoms with Crippen LogP contribution in [0.3, 0.4) is 0 Å². The zero-order valence-electron chi connectivity index (χ0n) is 22.4. The van der Waals surface area contributed by atoms with Gasteiger partial charge in [-0.3, -0.25) is 10.8 Å². The molecule has 4 heteroatoms. The first-order valence-electron chi connectivity index (χ1n) is 13.4. The van der Waals surface area contributed by atoms with E-state index in [1.54, 1.807) is 0 Å². The first-order chi connectivity index (χ1) is 19.4. The minimum Gasteiger partial charge on any atom is -0.457 e. The summed E-state index contributed by atoms with van der Waals surface area (Å²) >= 11 is 0. The molecule has 0 fully saturated rings. The van der Waals surface area contributed by atoms with Gasteiger partial charge in [0, 0.05) is 27.7 Å². The fourth-order valence-corrected chi connectivity index (χ4v) is 6.57. The summed E-state index contributed by atoms with van der Waals surface area (Å²) in [5.41, 5.74) is 7.20. The molecule has 0 saturated carbocycles. The highest BCUT2D eigenvalue weighted by molar-refractivity contribution is 6.05. The van der Waals surface area contributed by atoms with E-state index in [0.29, 0.717) is 11.1 Å². The van der Waals surface area contributed by atoms with Crippen LogP contribution in [0.2, 0.25) is 0 Å². The van der Waals surface area contributed by atoms with Crippen molar-refractivity contribution in [3.8, 4) is 11.5 Å². The highest BCUT2D eigenvalue weighted by Crippen LogP contribution is 2.61. The molecule has 1 spiro atoms. The molecule has 7 rings (SSSR count).